The van der Waals surface area contributed by atoms with Gasteiger partial charge in [-0.15, -0.1) is 0 Å². The monoisotopic (exact) mass is 365 g/mol. The van der Waals surface area contributed by atoms with E-state index in [0.717, 1.165) is 13.0 Å². The van der Waals surface area contributed by atoms with Gasteiger partial charge in [-0.05, 0) is 18.2 Å². The maximum Gasteiger partial charge on any atom is 0.262 e. The lowest BCUT2D eigenvalue weighted by molar-refractivity contribution is -0.117. The average Bonchev–Trinajstić information content (AvgIpc) is 2.60. The SMILES string of the molecule is CC(=O)NC(=N)NC(=O)c1c(O)ccc(C#N)c1-c1cccc(C#N)c1F. The minimum absolute atomic E-state index is 0.127. The van der Waals surface area contributed by atoms with E-state index in [-0.39, 0.29) is 22.3 Å². The van der Waals surface area contributed by atoms with Crippen LogP contribution in [0, 0.1) is 33.9 Å². The van der Waals surface area contributed by atoms with Gasteiger partial charge in [-0.2, -0.15) is 10.5 Å². The summed E-state index contributed by atoms with van der Waals surface area (Å²) in [5.74, 6) is -3.85. The number of carbonyl (C=O) groups is 2. The number of guanidine groups is 1. The summed E-state index contributed by atoms with van der Waals surface area (Å²) in [5, 5.41) is 40.1. The Kier molecular flexibility index (Phi) is 5.49. The molecule has 134 valence electrons. The predicted molar refractivity (Wildman–Crippen MR) is 91.9 cm³/mol. The number of hydrogen-bond donors (Lipinski definition) is 4. The smallest absolute Gasteiger partial charge is 0.262 e. The molecule has 0 aliphatic rings. The van der Waals surface area contributed by atoms with E-state index < -0.39 is 34.9 Å². The van der Waals surface area contributed by atoms with E-state index in [4.69, 9.17) is 10.7 Å². The molecular weight excluding hydrogens is 353 g/mol. The first-order valence-corrected chi connectivity index (χ1v) is 7.42. The van der Waals surface area contributed by atoms with Gasteiger partial charge in [0.15, 0.2) is 0 Å². The maximum absolute atomic E-state index is 14.6. The highest BCUT2D eigenvalue weighted by atomic mass is 19.1. The first kappa shape index (κ1) is 19.1. The van der Waals surface area contributed by atoms with Crippen molar-refractivity contribution in [2.24, 2.45) is 0 Å². The molecule has 8 nitrogen and oxygen atoms in total. The molecule has 2 aromatic carbocycles. The van der Waals surface area contributed by atoms with Crippen LogP contribution in [0.4, 0.5) is 4.39 Å². The van der Waals surface area contributed by atoms with Gasteiger partial charge >= 0.3 is 0 Å². The van der Waals surface area contributed by atoms with Crippen LogP contribution in [0.1, 0.15) is 28.4 Å². The number of amides is 2. The van der Waals surface area contributed by atoms with Gasteiger partial charge in [-0.3, -0.25) is 25.6 Å². The van der Waals surface area contributed by atoms with Crippen molar-refractivity contribution >= 4 is 17.8 Å². The van der Waals surface area contributed by atoms with Crippen LogP contribution >= 0.6 is 0 Å². The highest BCUT2D eigenvalue weighted by molar-refractivity contribution is 6.13. The Morgan fingerprint density at radius 2 is 1.78 bits per heavy atom. The molecule has 0 aliphatic carbocycles. The minimum Gasteiger partial charge on any atom is -0.507 e. The molecular formula is C18H12FN5O3. The van der Waals surface area contributed by atoms with Gasteiger partial charge in [0.2, 0.25) is 11.9 Å². The number of phenolic OH excluding ortho intramolecular Hbond substituents is 1. The van der Waals surface area contributed by atoms with Crippen molar-refractivity contribution < 1.29 is 19.1 Å². The van der Waals surface area contributed by atoms with Gasteiger partial charge in [0.25, 0.3) is 5.91 Å². The van der Waals surface area contributed by atoms with Gasteiger partial charge in [-0.25, -0.2) is 4.39 Å². The Hall–Kier alpha value is -4.24. The van der Waals surface area contributed by atoms with Crippen LogP contribution in [0.15, 0.2) is 30.3 Å². The van der Waals surface area contributed by atoms with Crippen molar-refractivity contribution in [1.82, 2.24) is 10.6 Å². The summed E-state index contributed by atoms with van der Waals surface area (Å²) in [6, 6.07) is 9.57. The third kappa shape index (κ3) is 3.89. The Balaban J connectivity index is 2.69. The standard InChI is InChI=1S/C18H12FN5O3/c1-9(25)23-18(22)24-17(27)15-13(26)6-5-10(7-20)14(15)12-4-2-3-11(8-21)16(12)19/h2-6,26H,1H3,(H3,22,23,24,25,27). The summed E-state index contributed by atoms with van der Waals surface area (Å²) in [6.07, 6.45) is 0. The zero-order valence-electron chi connectivity index (χ0n) is 13.9. The number of benzene rings is 2. The molecule has 2 aromatic rings. The molecule has 9 heteroatoms. The summed E-state index contributed by atoms with van der Waals surface area (Å²) in [6.45, 7) is 1.13. The fraction of sp³-hybridized carbons (Fsp3) is 0.0556. The lowest BCUT2D eigenvalue weighted by atomic mass is 9.92. The number of rotatable bonds is 2. The summed E-state index contributed by atoms with van der Waals surface area (Å²) in [5.41, 5.74) is -1.38. The van der Waals surface area contributed by atoms with E-state index in [9.17, 15) is 24.3 Å². The molecule has 0 aromatic heterocycles. The number of phenols is 1. The molecule has 0 saturated heterocycles. The van der Waals surface area contributed by atoms with E-state index in [1.54, 1.807) is 12.1 Å². The second-order valence-electron chi connectivity index (χ2n) is 5.28. The highest BCUT2D eigenvalue weighted by Crippen LogP contribution is 2.35. The van der Waals surface area contributed by atoms with Gasteiger partial charge < -0.3 is 5.11 Å². The molecule has 0 radical (unpaired) electrons. The molecule has 0 fully saturated rings. The lowest BCUT2D eigenvalue weighted by Crippen LogP contribution is -2.42. The quantitative estimate of drug-likeness (QED) is 0.472. The normalized spacial score (nSPS) is 9.63. The number of hydrogen-bond acceptors (Lipinski definition) is 6. The van der Waals surface area contributed by atoms with Crippen molar-refractivity contribution in [3.8, 4) is 29.0 Å². The molecule has 0 spiro atoms. The van der Waals surface area contributed by atoms with Gasteiger partial charge in [0.05, 0.1) is 22.8 Å². The van der Waals surface area contributed by atoms with Crippen LogP contribution in [0.3, 0.4) is 0 Å². The summed E-state index contributed by atoms with van der Waals surface area (Å²) in [4.78, 5) is 23.5. The number of nitrogens with one attached hydrogen (secondary N) is 3. The number of aromatic hydroxyl groups is 1. The molecule has 0 unspecified atom stereocenters. The minimum atomic E-state index is -1.04. The Morgan fingerprint density at radius 1 is 1.11 bits per heavy atom. The van der Waals surface area contributed by atoms with E-state index in [0.29, 0.717) is 0 Å². The summed E-state index contributed by atoms with van der Waals surface area (Å²) < 4.78 is 14.6. The van der Waals surface area contributed by atoms with Crippen LogP contribution in [0.25, 0.3) is 11.1 Å². The van der Waals surface area contributed by atoms with Crippen molar-refractivity contribution in [2.75, 3.05) is 0 Å². The average molecular weight is 365 g/mol. The Bertz CT molecular complexity index is 1050. The number of nitrogens with zero attached hydrogens (tertiary/aromatic N) is 2. The van der Waals surface area contributed by atoms with Crippen LogP contribution in [0.5, 0.6) is 5.75 Å². The maximum atomic E-state index is 14.6. The van der Waals surface area contributed by atoms with Crippen LogP contribution in [-0.4, -0.2) is 22.9 Å². The fourth-order valence-corrected chi connectivity index (χ4v) is 2.39. The third-order valence-electron chi connectivity index (χ3n) is 3.46. The molecule has 2 rings (SSSR count). The number of halogens is 1. The zero-order chi connectivity index (χ0) is 20.1. The molecule has 2 amide bonds. The van der Waals surface area contributed by atoms with Crippen molar-refractivity contribution in [1.29, 1.82) is 15.9 Å². The van der Waals surface area contributed by atoms with Crippen LogP contribution in [-0.2, 0) is 4.79 Å². The van der Waals surface area contributed by atoms with Crippen molar-refractivity contribution in [3.05, 3.63) is 52.8 Å². The molecule has 0 bridgehead atoms. The van der Waals surface area contributed by atoms with E-state index in [1.165, 1.54) is 24.3 Å². The lowest BCUT2D eigenvalue weighted by Gasteiger charge is -2.15. The number of nitriles is 2. The third-order valence-corrected chi connectivity index (χ3v) is 3.46. The first-order chi connectivity index (χ1) is 12.8. The molecule has 27 heavy (non-hydrogen) atoms. The Labute approximate surface area is 153 Å². The second-order valence-corrected chi connectivity index (χ2v) is 5.28. The van der Waals surface area contributed by atoms with E-state index >= 15 is 0 Å². The molecule has 0 saturated carbocycles. The van der Waals surface area contributed by atoms with Crippen molar-refractivity contribution in [3.63, 3.8) is 0 Å². The second kappa shape index (κ2) is 7.76. The van der Waals surface area contributed by atoms with Crippen LogP contribution in [0.2, 0.25) is 0 Å². The van der Waals surface area contributed by atoms with Gasteiger partial charge in [-0.1, -0.05) is 12.1 Å². The Morgan fingerprint density at radius 3 is 2.37 bits per heavy atom. The molecule has 4 N–H and O–H groups in total. The molecule has 0 atom stereocenters. The first-order valence-electron chi connectivity index (χ1n) is 7.42. The molecule has 0 heterocycles. The fourth-order valence-electron chi connectivity index (χ4n) is 2.39. The topological polar surface area (TPSA) is 150 Å². The predicted octanol–water partition coefficient (Wildman–Crippen LogP) is 1.74. The molecule has 0 aliphatic heterocycles. The van der Waals surface area contributed by atoms with Gasteiger partial charge in [0.1, 0.15) is 17.6 Å². The highest BCUT2D eigenvalue weighted by Gasteiger charge is 2.25. The van der Waals surface area contributed by atoms with Gasteiger partial charge in [0, 0.05) is 18.1 Å². The van der Waals surface area contributed by atoms with Crippen LogP contribution < -0.4 is 10.6 Å². The van der Waals surface area contributed by atoms with E-state index in [2.05, 4.69) is 0 Å². The van der Waals surface area contributed by atoms with E-state index in [1.807, 2.05) is 10.6 Å². The largest absolute Gasteiger partial charge is 0.507 e. The zero-order valence-corrected chi connectivity index (χ0v) is 13.9. The number of carbonyl (C=O) groups excluding carboxylic acids is 2. The van der Waals surface area contributed by atoms with Crippen molar-refractivity contribution in [2.45, 2.75) is 6.92 Å². The summed E-state index contributed by atoms with van der Waals surface area (Å²) >= 11 is 0. The summed E-state index contributed by atoms with van der Waals surface area (Å²) in [7, 11) is 0.